The smallest absolute Gasteiger partial charge is 0.118 e. The summed E-state index contributed by atoms with van der Waals surface area (Å²) in [5.74, 6) is 2.95. The van der Waals surface area contributed by atoms with E-state index in [2.05, 4.69) is 29.4 Å². The van der Waals surface area contributed by atoms with E-state index in [1.54, 1.807) is 0 Å². The Labute approximate surface area is 120 Å². The fourth-order valence-corrected chi connectivity index (χ4v) is 4.73. The first-order valence-corrected chi connectivity index (χ1v) is 8.57. The predicted molar refractivity (Wildman–Crippen MR) is 79.4 cm³/mol. The minimum atomic E-state index is 0.557. The average molecular weight is 279 g/mol. The molecule has 0 aliphatic heterocycles. The number of rotatable bonds is 6. The maximum absolute atomic E-state index is 4.40. The number of hydrogen-bond donors (Lipinski definition) is 1. The Bertz CT molecular complexity index is 415. The largest absolute Gasteiger partial charge is 0.314 e. The van der Waals surface area contributed by atoms with Gasteiger partial charge in [-0.05, 0) is 37.0 Å². The number of nitrogens with zero attached hydrogens (tertiary/aromatic N) is 2. The van der Waals surface area contributed by atoms with Crippen molar-refractivity contribution < 1.29 is 0 Å². The number of aromatic nitrogens is 2. The Kier molecular flexibility index (Phi) is 4.18. The zero-order chi connectivity index (χ0) is 13.2. The van der Waals surface area contributed by atoms with Gasteiger partial charge in [-0.2, -0.15) is 0 Å². The lowest BCUT2D eigenvalue weighted by molar-refractivity contribution is 0.331. The van der Waals surface area contributed by atoms with Gasteiger partial charge in [0, 0.05) is 25.4 Å². The van der Waals surface area contributed by atoms with Crippen molar-refractivity contribution in [3.63, 3.8) is 0 Å². The van der Waals surface area contributed by atoms with Gasteiger partial charge in [-0.3, -0.25) is 0 Å². The van der Waals surface area contributed by atoms with E-state index >= 15 is 0 Å². The lowest BCUT2D eigenvalue weighted by Crippen LogP contribution is -2.24. The highest BCUT2D eigenvalue weighted by Crippen LogP contribution is 2.49. The molecule has 0 saturated heterocycles. The summed E-state index contributed by atoms with van der Waals surface area (Å²) in [5, 5.41) is 14.7. The number of nitrogens with one attached hydrogen (secondary N) is 1. The van der Waals surface area contributed by atoms with Crippen molar-refractivity contribution in [2.45, 2.75) is 58.4 Å². The fourth-order valence-electron chi connectivity index (χ4n) is 3.79. The second-order valence-electron chi connectivity index (χ2n) is 6.59. The van der Waals surface area contributed by atoms with Crippen LogP contribution in [0.15, 0.2) is 0 Å². The second kappa shape index (κ2) is 5.88. The topological polar surface area (TPSA) is 37.8 Å². The van der Waals surface area contributed by atoms with Gasteiger partial charge in [0.2, 0.25) is 0 Å². The molecule has 1 aromatic rings. The van der Waals surface area contributed by atoms with E-state index < -0.39 is 0 Å². The monoisotopic (exact) mass is 279 g/mol. The molecule has 0 radical (unpaired) electrons. The van der Waals surface area contributed by atoms with E-state index in [9.17, 15) is 0 Å². The van der Waals surface area contributed by atoms with E-state index in [1.165, 1.54) is 42.1 Å². The molecule has 0 spiro atoms. The first-order valence-electron chi connectivity index (χ1n) is 7.75. The Morgan fingerprint density at radius 2 is 2.05 bits per heavy atom. The van der Waals surface area contributed by atoms with Crippen molar-refractivity contribution in [3.8, 4) is 0 Å². The molecule has 0 aromatic carbocycles. The van der Waals surface area contributed by atoms with Gasteiger partial charge in [-0.1, -0.05) is 20.3 Å². The number of fused-ring (bicyclic) bond motifs is 2. The molecule has 2 fully saturated rings. The molecule has 3 unspecified atom stereocenters. The molecule has 1 N–H and O–H groups in total. The number of hydrogen-bond acceptors (Lipinski definition) is 4. The highest BCUT2D eigenvalue weighted by molar-refractivity contribution is 7.11. The van der Waals surface area contributed by atoms with Crippen LogP contribution in [0.1, 0.15) is 49.5 Å². The van der Waals surface area contributed by atoms with Gasteiger partial charge in [0.25, 0.3) is 0 Å². The molecule has 2 aliphatic rings. The van der Waals surface area contributed by atoms with Crippen LogP contribution in [-0.4, -0.2) is 22.8 Å². The summed E-state index contributed by atoms with van der Waals surface area (Å²) < 4.78 is 0. The van der Waals surface area contributed by atoms with Crippen LogP contribution in [0.3, 0.4) is 0 Å². The first-order chi connectivity index (χ1) is 9.20. The van der Waals surface area contributed by atoms with E-state index in [-0.39, 0.29) is 0 Å². The van der Waals surface area contributed by atoms with E-state index in [4.69, 9.17) is 0 Å². The maximum Gasteiger partial charge on any atom is 0.118 e. The van der Waals surface area contributed by atoms with E-state index in [0.29, 0.717) is 6.04 Å². The SMILES string of the molecule is CC(C)NCCc1nnc(CC2CC3CCC2C3)s1. The molecule has 2 saturated carbocycles. The van der Waals surface area contributed by atoms with Crippen LogP contribution < -0.4 is 5.32 Å². The highest BCUT2D eigenvalue weighted by Gasteiger charge is 2.39. The standard InChI is InChI=1S/C15H25N3S/c1-10(2)16-6-5-14-17-18-15(19-14)9-13-8-11-3-4-12(13)7-11/h10-13,16H,3-9H2,1-2H3. The van der Waals surface area contributed by atoms with Crippen LogP contribution in [-0.2, 0) is 12.8 Å². The van der Waals surface area contributed by atoms with E-state index in [0.717, 1.165) is 30.7 Å². The molecule has 2 bridgehead atoms. The van der Waals surface area contributed by atoms with Crippen LogP contribution in [0.2, 0.25) is 0 Å². The van der Waals surface area contributed by atoms with Crippen molar-refractivity contribution in [2.24, 2.45) is 17.8 Å². The van der Waals surface area contributed by atoms with Crippen LogP contribution in [0.25, 0.3) is 0 Å². The van der Waals surface area contributed by atoms with Crippen LogP contribution >= 0.6 is 11.3 Å². The van der Waals surface area contributed by atoms with Gasteiger partial charge in [0.15, 0.2) is 0 Å². The second-order valence-corrected chi connectivity index (χ2v) is 7.73. The normalized spacial score (nSPS) is 29.5. The third-order valence-corrected chi connectivity index (χ3v) is 5.73. The van der Waals surface area contributed by atoms with Gasteiger partial charge >= 0.3 is 0 Å². The van der Waals surface area contributed by atoms with Gasteiger partial charge in [0.05, 0.1) is 0 Å². The molecule has 3 nitrogen and oxygen atoms in total. The highest BCUT2D eigenvalue weighted by atomic mass is 32.1. The van der Waals surface area contributed by atoms with Gasteiger partial charge in [0.1, 0.15) is 10.0 Å². The summed E-state index contributed by atoms with van der Waals surface area (Å²) in [5.41, 5.74) is 0. The Balaban J connectivity index is 1.48. The molecule has 3 rings (SSSR count). The van der Waals surface area contributed by atoms with Crippen LogP contribution in [0.5, 0.6) is 0 Å². The molecule has 2 aliphatic carbocycles. The Morgan fingerprint density at radius 1 is 1.21 bits per heavy atom. The van der Waals surface area contributed by atoms with Crippen molar-refractivity contribution >= 4 is 11.3 Å². The van der Waals surface area contributed by atoms with Crippen molar-refractivity contribution in [1.29, 1.82) is 0 Å². The summed E-state index contributed by atoms with van der Waals surface area (Å²) in [6, 6.07) is 0.557. The predicted octanol–water partition coefficient (Wildman–Crippen LogP) is 3.06. The van der Waals surface area contributed by atoms with Crippen molar-refractivity contribution in [2.75, 3.05) is 6.54 Å². The zero-order valence-corrected chi connectivity index (χ0v) is 12.9. The maximum atomic E-state index is 4.40. The molecule has 19 heavy (non-hydrogen) atoms. The van der Waals surface area contributed by atoms with E-state index in [1.807, 2.05) is 11.3 Å². The third kappa shape index (κ3) is 3.34. The van der Waals surface area contributed by atoms with Crippen LogP contribution in [0.4, 0.5) is 0 Å². The first kappa shape index (κ1) is 13.5. The van der Waals surface area contributed by atoms with Gasteiger partial charge in [-0.15, -0.1) is 21.5 Å². The van der Waals surface area contributed by atoms with Gasteiger partial charge in [-0.25, -0.2) is 0 Å². The third-order valence-electron chi connectivity index (χ3n) is 4.72. The summed E-state index contributed by atoms with van der Waals surface area (Å²) in [7, 11) is 0. The molecular formula is C15H25N3S. The summed E-state index contributed by atoms with van der Waals surface area (Å²) in [4.78, 5) is 0. The molecule has 4 heteroatoms. The molecule has 1 heterocycles. The van der Waals surface area contributed by atoms with Crippen LogP contribution in [0, 0.1) is 17.8 Å². The molecule has 106 valence electrons. The molecule has 3 atom stereocenters. The summed E-state index contributed by atoms with van der Waals surface area (Å²) in [6.07, 6.45) is 8.12. The zero-order valence-electron chi connectivity index (χ0n) is 12.1. The Hall–Kier alpha value is -0.480. The minimum Gasteiger partial charge on any atom is -0.314 e. The van der Waals surface area contributed by atoms with Crippen molar-refractivity contribution in [1.82, 2.24) is 15.5 Å². The summed E-state index contributed by atoms with van der Waals surface area (Å²) in [6.45, 7) is 5.38. The van der Waals surface area contributed by atoms with Gasteiger partial charge < -0.3 is 5.32 Å². The Morgan fingerprint density at radius 3 is 2.74 bits per heavy atom. The quantitative estimate of drug-likeness (QED) is 0.869. The lowest BCUT2D eigenvalue weighted by Gasteiger charge is -2.19. The minimum absolute atomic E-state index is 0.557. The average Bonchev–Trinajstić information content (AvgIpc) is 3.05. The molecule has 0 amide bonds. The molecule has 1 aromatic heterocycles. The molecular weight excluding hydrogens is 254 g/mol. The van der Waals surface area contributed by atoms with Crippen molar-refractivity contribution in [3.05, 3.63) is 10.0 Å². The lowest BCUT2D eigenvalue weighted by atomic mass is 9.87. The fraction of sp³-hybridized carbons (Fsp3) is 0.867. The summed E-state index contributed by atoms with van der Waals surface area (Å²) >= 11 is 1.84.